The Hall–Kier alpha value is -2.56. The van der Waals surface area contributed by atoms with Crippen LogP contribution in [0.4, 0.5) is 0 Å². The van der Waals surface area contributed by atoms with Crippen molar-refractivity contribution in [2.24, 2.45) is 0 Å². The van der Waals surface area contributed by atoms with Crippen molar-refractivity contribution in [3.8, 4) is 5.75 Å². The Balaban J connectivity index is 1.87. The van der Waals surface area contributed by atoms with E-state index >= 15 is 0 Å². The summed E-state index contributed by atoms with van der Waals surface area (Å²) in [5, 5.41) is 13.6. The van der Waals surface area contributed by atoms with E-state index in [1.807, 2.05) is 36.4 Å². The molecule has 0 bridgehead atoms. The molecule has 0 aliphatic heterocycles. The van der Waals surface area contributed by atoms with Gasteiger partial charge < -0.3 is 15.2 Å². The van der Waals surface area contributed by atoms with Crippen molar-refractivity contribution in [2.45, 2.75) is 32.1 Å². The standard InChI is InChI=1S/C19H23NO4/c1-24-16-10-9-14-6-5-7-15(17(14)13-16)12-18(21)20-11-4-2-3-8-19(22)23/h5-7,9-10,13H,2-4,8,11-12H2,1H3,(H,20,21)(H,22,23). The zero-order valence-electron chi connectivity index (χ0n) is 13.9. The van der Waals surface area contributed by atoms with Crippen LogP contribution >= 0.6 is 0 Å². The highest BCUT2D eigenvalue weighted by atomic mass is 16.5. The predicted octanol–water partition coefficient (Wildman–Crippen LogP) is 3.15. The van der Waals surface area contributed by atoms with Gasteiger partial charge in [-0.15, -0.1) is 0 Å². The molecule has 2 N–H and O–H groups in total. The van der Waals surface area contributed by atoms with E-state index in [0.717, 1.165) is 34.9 Å². The minimum Gasteiger partial charge on any atom is -0.497 e. The minimum atomic E-state index is -0.773. The number of carbonyl (C=O) groups is 2. The monoisotopic (exact) mass is 329 g/mol. The fraction of sp³-hybridized carbons (Fsp3) is 0.368. The van der Waals surface area contributed by atoms with Gasteiger partial charge in [0.25, 0.3) is 0 Å². The molecule has 5 heteroatoms. The number of nitrogens with one attached hydrogen (secondary N) is 1. The molecule has 0 radical (unpaired) electrons. The van der Waals surface area contributed by atoms with Crippen molar-refractivity contribution < 1.29 is 19.4 Å². The number of aliphatic carboxylic acids is 1. The van der Waals surface area contributed by atoms with E-state index < -0.39 is 5.97 Å². The van der Waals surface area contributed by atoms with Gasteiger partial charge in [-0.05, 0) is 41.3 Å². The molecule has 0 atom stereocenters. The fourth-order valence-electron chi connectivity index (χ4n) is 2.64. The minimum absolute atomic E-state index is 0.0245. The van der Waals surface area contributed by atoms with E-state index in [1.54, 1.807) is 7.11 Å². The molecule has 0 saturated carbocycles. The van der Waals surface area contributed by atoms with Crippen LogP contribution in [0.15, 0.2) is 36.4 Å². The van der Waals surface area contributed by atoms with Gasteiger partial charge in [-0.25, -0.2) is 0 Å². The third kappa shape index (κ3) is 5.26. The van der Waals surface area contributed by atoms with Crippen LogP contribution in [-0.4, -0.2) is 30.6 Å². The molecule has 128 valence electrons. The van der Waals surface area contributed by atoms with Crippen LogP contribution < -0.4 is 10.1 Å². The van der Waals surface area contributed by atoms with Crippen LogP contribution in [0.3, 0.4) is 0 Å². The third-order valence-corrected chi connectivity index (χ3v) is 3.92. The van der Waals surface area contributed by atoms with Gasteiger partial charge in [-0.1, -0.05) is 30.7 Å². The van der Waals surface area contributed by atoms with E-state index in [2.05, 4.69) is 5.32 Å². The number of carboxylic acids is 1. The Morgan fingerprint density at radius 1 is 1.12 bits per heavy atom. The summed E-state index contributed by atoms with van der Waals surface area (Å²) in [5.41, 5.74) is 0.967. The van der Waals surface area contributed by atoms with Crippen LogP contribution in [0, 0.1) is 0 Å². The summed E-state index contributed by atoms with van der Waals surface area (Å²) in [5.74, 6) is -0.0252. The lowest BCUT2D eigenvalue weighted by atomic mass is 10.0. The summed E-state index contributed by atoms with van der Waals surface area (Å²) in [6.45, 7) is 0.576. The van der Waals surface area contributed by atoms with Gasteiger partial charge in [0.2, 0.25) is 5.91 Å². The van der Waals surface area contributed by atoms with Crippen molar-refractivity contribution in [3.05, 3.63) is 42.0 Å². The predicted molar refractivity (Wildman–Crippen MR) is 93.3 cm³/mol. The molecule has 0 aromatic heterocycles. The van der Waals surface area contributed by atoms with Crippen molar-refractivity contribution in [3.63, 3.8) is 0 Å². The Morgan fingerprint density at radius 2 is 1.96 bits per heavy atom. The number of carboxylic acid groups (broad SMARTS) is 1. The summed E-state index contributed by atoms with van der Waals surface area (Å²) in [6.07, 6.45) is 2.75. The maximum absolute atomic E-state index is 12.1. The number of carbonyl (C=O) groups excluding carboxylic acids is 1. The normalized spacial score (nSPS) is 10.5. The van der Waals surface area contributed by atoms with Crippen molar-refractivity contribution in [1.82, 2.24) is 5.32 Å². The topological polar surface area (TPSA) is 75.6 Å². The van der Waals surface area contributed by atoms with Gasteiger partial charge >= 0.3 is 5.97 Å². The maximum Gasteiger partial charge on any atom is 0.303 e. The van der Waals surface area contributed by atoms with Crippen LogP contribution in [0.25, 0.3) is 10.8 Å². The lowest BCUT2D eigenvalue weighted by Gasteiger charge is -2.09. The SMILES string of the molecule is COc1ccc2cccc(CC(=O)NCCCCCC(=O)O)c2c1. The van der Waals surface area contributed by atoms with E-state index in [0.29, 0.717) is 19.4 Å². The molecule has 24 heavy (non-hydrogen) atoms. The number of hydrogen-bond donors (Lipinski definition) is 2. The smallest absolute Gasteiger partial charge is 0.303 e. The molecular formula is C19H23NO4. The molecule has 0 spiro atoms. The summed E-state index contributed by atoms with van der Waals surface area (Å²) < 4.78 is 5.26. The van der Waals surface area contributed by atoms with Gasteiger partial charge in [0, 0.05) is 13.0 Å². The highest BCUT2D eigenvalue weighted by Crippen LogP contribution is 2.24. The molecule has 0 unspecified atom stereocenters. The largest absolute Gasteiger partial charge is 0.497 e. The number of hydrogen-bond acceptors (Lipinski definition) is 3. The molecule has 5 nitrogen and oxygen atoms in total. The molecule has 0 saturated heterocycles. The molecule has 0 heterocycles. The van der Waals surface area contributed by atoms with Gasteiger partial charge in [-0.3, -0.25) is 9.59 Å². The van der Waals surface area contributed by atoms with Crippen molar-refractivity contribution >= 4 is 22.6 Å². The second-order valence-corrected chi connectivity index (χ2v) is 5.74. The Bertz CT molecular complexity index is 712. The van der Waals surface area contributed by atoms with Gasteiger partial charge in [0.15, 0.2) is 0 Å². The highest BCUT2D eigenvalue weighted by molar-refractivity contribution is 5.91. The lowest BCUT2D eigenvalue weighted by Crippen LogP contribution is -2.26. The molecule has 0 aliphatic rings. The lowest BCUT2D eigenvalue weighted by molar-refractivity contribution is -0.137. The average molecular weight is 329 g/mol. The van der Waals surface area contributed by atoms with Crippen LogP contribution in [0.2, 0.25) is 0 Å². The number of ether oxygens (including phenoxy) is 1. The quantitative estimate of drug-likeness (QED) is 0.693. The summed E-state index contributed by atoms with van der Waals surface area (Å²) in [6, 6.07) is 11.8. The van der Waals surface area contributed by atoms with Crippen molar-refractivity contribution in [1.29, 1.82) is 0 Å². The van der Waals surface area contributed by atoms with Crippen LogP contribution in [-0.2, 0) is 16.0 Å². The number of methoxy groups -OCH3 is 1. The number of rotatable bonds is 9. The zero-order chi connectivity index (χ0) is 17.4. The molecular weight excluding hydrogens is 306 g/mol. The molecule has 0 aliphatic carbocycles. The molecule has 2 aromatic rings. The molecule has 1 amide bonds. The number of fused-ring (bicyclic) bond motifs is 1. The number of unbranched alkanes of at least 4 members (excludes halogenated alkanes) is 2. The first-order valence-electron chi connectivity index (χ1n) is 8.14. The van der Waals surface area contributed by atoms with E-state index in [-0.39, 0.29) is 12.3 Å². The van der Waals surface area contributed by atoms with Crippen LogP contribution in [0.1, 0.15) is 31.2 Å². The highest BCUT2D eigenvalue weighted by Gasteiger charge is 2.08. The van der Waals surface area contributed by atoms with Gasteiger partial charge in [-0.2, -0.15) is 0 Å². The summed E-state index contributed by atoms with van der Waals surface area (Å²) in [7, 11) is 1.63. The first kappa shape index (κ1) is 17.8. The Labute approximate surface area is 141 Å². The summed E-state index contributed by atoms with van der Waals surface area (Å²) >= 11 is 0. The molecule has 2 aromatic carbocycles. The average Bonchev–Trinajstić information content (AvgIpc) is 2.57. The first-order valence-corrected chi connectivity index (χ1v) is 8.14. The number of amides is 1. The van der Waals surface area contributed by atoms with E-state index in [9.17, 15) is 9.59 Å². The Kier molecular flexibility index (Phi) is 6.61. The van der Waals surface area contributed by atoms with Crippen molar-refractivity contribution in [2.75, 3.05) is 13.7 Å². The van der Waals surface area contributed by atoms with E-state index in [4.69, 9.17) is 9.84 Å². The first-order chi connectivity index (χ1) is 11.6. The Morgan fingerprint density at radius 3 is 2.71 bits per heavy atom. The molecule has 2 rings (SSSR count). The van der Waals surface area contributed by atoms with E-state index in [1.165, 1.54) is 0 Å². The van der Waals surface area contributed by atoms with Gasteiger partial charge in [0.1, 0.15) is 5.75 Å². The fourth-order valence-corrected chi connectivity index (χ4v) is 2.64. The maximum atomic E-state index is 12.1. The third-order valence-electron chi connectivity index (χ3n) is 3.92. The second-order valence-electron chi connectivity index (χ2n) is 5.74. The zero-order valence-corrected chi connectivity index (χ0v) is 13.9. The number of benzene rings is 2. The summed E-state index contributed by atoms with van der Waals surface area (Å²) in [4.78, 5) is 22.5. The van der Waals surface area contributed by atoms with Crippen LogP contribution in [0.5, 0.6) is 5.75 Å². The molecule has 0 fully saturated rings. The van der Waals surface area contributed by atoms with Gasteiger partial charge in [0.05, 0.1) is 13.5 Å². The second kappa shape index (κ2) is 8.91.